The van der Waals surface area contributed by atoms with Gasteiger partial charge in [-0.3, -0.25) is 5.32 Å². The Hall–Kier alpha value is -2.91. The molecule has 2 heterocycles. The number of amides is 2. The Kier molecular flexibility index (Phi) is 5.88. The molecule has 0 aliphatic rings. The van der Waals surface area contributed by atoms with E-state index < -0.39 is 17.8 Å². The average Bonchev–Trinajstić information content (AvgIpc) is 2.55. The van der Waals surface area contributed by atoms with Crippen molar-refractivity contribution in [2.45, 2.75) is 12.6 Å². The molecule has 7 nitrogen and oxygen atoms in total. The summed E-state index contributed by atoms with van der Waals surface area (Å²) in [5.74, 6) is 0.459. The Bertz CT molecular complexity index is 650. The number of aromatic nitrogens is 3. The molecule has 128 valence electrons. The lowest BCUT2D eigenvalue weighted by molar-refractivity contribution is -0.137. The van der Waals surface area contributed by atoms with Gasteiger partial charge >= 0.3 is 12.2 Å². The van der Waals surface area contributed by atoms with E-state index in [1.165, 1.54) is 12.5 Å². The number of pyridine rings is 1. The summed E-state index contributed by atoms with van der Waals surface area (Å²) in [6, 6.07) is 3.16. The van der Waals surface area contributed by atoms with Crippen molar-refractivity contribution in [2.75, 3.05) is 18.5 Å². The van der Waals surface area contributed by atoms with Crippen LogP contribution in [-0.4, -0.2) is 34.1 Å². The summed E-state index contributed by atoms with van der Waals surface area (Å²) in [5, 5.41) is 5.10. The fourth-order valence-electron chi connectivity index (χ4n) is 1.61. The number of hydrogen-bond acceptors (Lipinski definition) is 5. The van der Waals surface area contributed by atoms with Crippen LogP contribution >= 0.6 is 0 Å². The molecule has 0 aliphatic heterocycles. The van der Waals surface area contributed by atoms with Crippen LogP contribution in [0.4, 0.5) is 23.8 Å². The highest BCUT2D eigenvalue weighted by atomic mass is 19.4. The number of urea groups is 1. The highest BCUT2D eigenvalue weighted by molar-refractivity contribution is 5.87. The van der Waals surface area contributed by atoms with Gasteiger partial charge in [0, 0.05) is 25.0 Å². The van der Waals surface area contributed by atoms with E-state index in [9.17, 15) is 18.0 Å². The highest BCUT2D eigenvalue weighted by Crippen LogP contribution is 2.29. The number of nitrogens with one attached hydrogen (secondary N) is 2. The zero-order valence-electron chi connectivity index (χ0n) is 12.4. The van der Waals surface area contributed by atoms with Gasteiger partial charge in [-0.2, -0.15) is 13.2 Å². The summed E-state index contributed by atoms with van der Waals surface area (Å²) < 4.78 is 42.3. The molecular weight excluding hydrogens is 327 g/mol. The van der Waals surface area contributed by atoms with Gasteiger partial charge in [0.2, 0.25) is 5.88 Å². The lowest BCUT2D eigenvalue weighted by Gasteiger charge is -2.09. The van der Waals surface area contributed by atoms with E-state index >= 15 is 0 Å². The maximum absolute atomic E-state index is 12.4. The lowest BCUT2D eigenvalue weighted by Crippen LogP contribution is -2.30. The maximum Gasteiger partial charge on any atom is 0.417 e. The van der Waals surface area contributed by atoms with E-state index in [4.69, 9.17) is 4.74 Å². The molecule has 2 aromatic heterocycles. The van der Waals surface area contributed by atoms with Crippen LogP contribution in [0.3, 0.4) is 0 Å². The van der Waals surface area contributed by atoms with Crippen LogP contribution in [0.5, 0.6) is 5.88 Å². The smallest absolute Gasteiger partial charge is 0.417 e. The zero-order chi connectivity index (χ0) is 17.4. The van der Waals surface area contributed by atoms with Crippen LogP contribution in [-0.2, 0) is 6.18 Å². The molecule has 0 unspecified atom stereocenters. The predicted molar refractivity (Wildman–Crippen MR) is 78.4 cm³/mol. The molecule has 0 fully saturated rings. The largest absolute Gasteiger partial charge is 0.478 e. The summed E-state index contributed by atoms with van der Waals surface area (Å²) in [4.78, 5) is 22.7. The van der Waals surface area contributed by atoms with Gasteiger partial charge in [-0.25, -0.2) is 19.7 Å². The van der Waals surface area contributed by atoms with Crippen molar-refractivity contribution in [3.63, 3.8) is 0 Å². The normalized spacial score (nSPS) is 11.0. The molecule has 2 rings (SSSR count). The molecule has 24 heavy (non-hydrogen) atoms. The minimum absolute atomic E-state index is 0.0911. The highest BCUT2D eigenvalue weighted by Gasteiger charge is 2.30. The van der Waals surface area contributed by atoms with Crippen molar-refractivity contribution in [1.82, 2.24) is 20.3 Å². The van der Waals surface area contributed by atoms with Crippen LogP contribution in [0.15, 0.2) is 36.9 Å². The van der Waals surface area contributed by atoms with Crippen molar-refractivity contribution >= 4 is 11.8 Å². The summed E-state index contributed by atoms with van der Waals surface area (Å²) in [7, 11) is 0. The second-order valence-electron chi connectivity index (χ2n) is 4.56. The minimum Gasteiger partial charge on any atom is -0.478 e. The van der Waals surface area contributed by atoms with Crippen molar-refractivity contribution in [2.24, 2.45) is 0 Å². The van der Waals surface area contributed by atoms with Crippen molar-refractivity contribution in [1.29, 1.82) is 0 Å². The van der Waals surface area contributed by atoms with Crippen LogP contribution in [0.1, 0.15) is 12.0 Å². The van der Waals surface area contributed by atoms with Gasteiger partial charge in [-0.15, -0.1) is 0 Å². The van der Waals surface area contributed by atoms with E-state index in [1.54, 1.807) is 6.07 Å². The SMILES string of the molecule is O=C(NCCCOc1ccc(C(F)(F)F)cn1)Nc1ccncn1. The number of ether oxygens (including phenoxy) is 1. The van der Waals surface area contributed by atoms with Crippen molar-refractivity contribution < 1.29 is 22.7 Å². The van der Waals surface area contributed by atoms with Crippen molar-refractivity contribution in [3.05, 3.63) is 42.5 Å². The number of halogens is 3. The van der Waals surface area contributed by atoms with Gasteiger partial charge in [-0.05, 0) is 18.6 Å². The Morgan fingerprint density at radius 3 is 2.67 bits per heavy atom. The van der Waals surface area contributed by atoms with E-state index in [2.05, 4.69) is 25.6 Å². The van der Waals surface area contributed by atoms with Crippen molar-refractivity contribution in [3.8, 4) is 5.88 Å². The molecule has 0 bridgehead atoms. The molecule has 0 atom stereocenters. The quantitative estimate of drug-likeness (QED) is 0.788. The standard InChI is InChI=1S/C14H14F3N5O2/c15-14(16,17)10-2-3-12(20-8-10)24-7-1-5-19-13(23)22-11-4-6-18-9-21-11/h2-4,6,8-9H,1,5,7H2,(H2,18,19,21,22,23). The first kappa shape index (κ1) is 17.4. The molecule has 0 aliphatic carbocycles. The molecule has 0 radical (unpaired) electrons. The molecule has 10 heteroatoms. The number of alkyl halides is 3. The van der Waals surface area contributed by atoms with Gasteiger partial charge in [0.25, 0.3) is 0 Å². The number of nitrogens with zero attached hydrogens (tertiary/aromatic N) is 3. The third kappa shape index (κ3) is 5.71. The van der Waals surface area contributed by atoms with E-state index in [0.29, 0.717) is 25.0 Å². The third-order valence-electron chi connectivity index (χ3n) is 2.74. The van der Waals surface area contributed by atoms with Crippen LogP contribution in [0.25, 0.3) is 0 Å². The van der Waals surface area contributed by atoms with Crippen LogP contribution in [0.2, 0.25) is 0 Å². The number of carbonyl (C=O) groups excluding carboxylic acids is 1. The fraction of sp³-hybridized carbons (Fsp3) is 0.286. The molecule has 0 saturated carbocycles. The summed E-state index contributed by atoms with van der Waals surface area (Å²) in [6.45, 7) is 0.518. The number of rotatable bonds is 6. The molecule has 0 saturated heterocycles. The molecule has 2 N–H and O–H groups in total. The second-order valence-corrected chi connectivity index (χ2v) is 4.56. The predicted octanol–water partition coefficient (Wildman–Crippen LogP) is 2.48. The second kappa shape index (κ2) is 8.09. The number of anilines is 1. The maximum atomic E-state index is 12.4. The van der Waals surface area contributed by atoms with Gasteiger partial charge < -0.3 is 10.1 Å². The first-order valence-corrected chi connectivity index (χ1v) is 6.92. The summed E-state index contributed by atoms with van der Waals surface area (Å²) in [6.07, 6.45) is -0.455. The van der Waals surface area contributed by atoms with E-state index in [0.717, 1.165) is 12.1 Å². The monoisotopic (exact) mass is 341 g/mol. The zero-order valence-corrected chi connectivity index (χ0v) is 12.4. The Labute approximate surface area is 135 Å². The minimum atomic E-state index is -4.42. The Morgan fingerprint density at radius 2 is 2.04 bits per heavy atom. The number of carbonyl (C=O) groups is 1. The van der Waals surface area contributed by atoms with Gasteiger partial charge in [0.05, 0.1) is 12.2 Å². The molecule has 2 aromatic rings. The first-order chi connectivity index (χ1) is 11.4. The summed E-state index contributed by atoms with van der Waals surface area (Å²) in [5.41, 5.74) is -0.835. The average molecular weight is 341 g/mol. The molecule has 2 amide bonds. The molecular formula is C14H14F3N5O2. The Balaban J connectivity index is 1.63. The van der Waals surface area contributed by atoms with Crippen LogP contribution in [0, 0.1) is 0 Å². The van der Waals surface area contributed by atoms with Gasteiger partial charge in [-0.1, -0.05) is 0 Å². The molecule has 0 spiro atoms. The van der Waals surface area contributed by atoms with E-state index in [1.807, 2.05) is 0 Å². The van der Waals surface area contributed by atoms with Gasteiger partial charge in [0.1, 0.15) is 12.1 Å². The van der Waals surface area contributed by atoms with Gasteiger partial charge in [0.15, 0.2) is 0 Å². The Morgan fingerprint density at radius 1 is 1.21 bits per heavy atom. The fourth-order valence-corrected chi connectivity index (χ4v) is 1.61. The van der Waals surface area contributed by atoms with Crippen LogP contribution < -0.4 is 15.4 Å². The van der Waals surface area contributed by atoms with E-state index in [-0.39, 0.29) is 12.5 Å². The summed E-state index contributed by atoms with van der Waals surface area (Å²) >= 11 is 0. The first-order valence-electron chi connectivity index (χ1n) is 6.92. The topological polar surface area (TPSA) is 89.0 Å². The third-order valence-corrected chi connectivity index (χ3v) is 2.74. The molecule has 0 aromatic carbocycles. The number of hydrogen-bond donors (Lipinski definition) is 2. The lowest BCUT2D eigenvalue weighted by atomic mass is 10.3.